The molecule has 0 unspecified atom stereocenters. The van der Waals surface area contributed by atoms with Gasteiger partial charge in [0.2, 0.25) is 0 Å². The zero-order chi connectivity index (χ0) is 95.5. The van der Waals surface area contributed by atoms with Crippen molar-refractivity contribution in [3.63, 3.8) is 0 Å². The molecule has 15 heteroatoms. The van der Waals surface area contributed by atoms with Crippen LogP contribution in [0, 0.1) is 11.8 Å². The van der Waals surface area contributed by atoms with Gasteiger partial charge in [-0.3, -0.25) is 0 Å². The number of phenolic OH excluding ortho intramolecular Hbond substituents is 2. The average Bonchev–Trinajstić information content (AvgIpc) is 0.747. The molecule has 15 nitrogen and oxygen atoms in total. The van der Waals surface area contributed by atoms with E-state index in [-0.39, 0.29) is 48.2 Å². The highest BCUT2D eigenvalue weighted by Gasteiger charge is 2.41. The number of carboxylic acid groups (broad SMARTS) is 1. The molecule has 0 fully saturated rings. The van der Waals surface area contributed by atoms with E-state index in [2.05, 4.69) is 157 Å². The van der Waals surface area contributed by atoms with Crippen LogP contribution < -0.4 is 14.2 Å². The molecule has 3 heterocycles. The molecular formula is C122H96O15. The Hall–Kier alpha value is -17.4. The van der Waals surface area contributed by atoms with Crippen molar-refractivity contribution in [2.45, 2.75) is 49.5 Å². The summed E-state index contributed by atoms with van der Waals surface area (Å²) in [6.07, 6.45) is 12.9. The minimum Gasteiger partial charge on any atom is -0.508 e. The number of aliphatic hydroxyl groups is 2. The number of fused-ring (bicyclic) bond motifs is 11. The molecule has 0 saturated carbocycles. The molecule has 0 bridgehead atoms. The number of hydrogen-bond donors (Lipinski definition) is 5. The molecular weight excluding hydrogens is 1710 g/mol. The summed E-state index contributed by atoms with van der Waals surface area (Å²) in [5.41, 5.74) is 11.5. The molecule has 21 rings (SSSR count). The summed E-state index contributed by atoms with van der Waals surface area (Å²) in [4.78, 5) is 45.5. The van der Waals surface area contributed by atoms with Crippen molar-refractivity contribution >= 4 is 96.0 Å². The molecule has 0 amide bonds. The Morgan fingerprint density at radius 1 is 0.358 bits per heavy atom. The van der Waals surface area contributed by atoms with Crippen molar-refractivity contribution in [3.05, 3.63) is 526 Å². The maximum Gasteiger partial charge on any atom is 0.337 e. The fraction of sp³-hybridized carbons (Fsp3) is 0.0820. The number of ether oxygens (including phenoxy) is 6. The predicted molar refractivity (Wildman–Crippen MR) is 543 cm³/mol. The highest BCUT2D eigenvalue weighted by Crippen LogP contribution is 2.49. The van der Waals surface area contributed by atoms with Crippen LogP contribution in [0.5, 0.6) is 28.7 Å². The van der Waals surface area contributed by atoms with Gasteiger partial charge < -0.3 is 54.0 Å². The molecule has 0 spiro atoms. The number of benzene rings is 18. The summed E-state index contributed by atoms with van der Waals surface area (Å²) in [6, 6.07) is 130. The van der Waals surface area contributed by atoms with Gasteiger partial charge in [-0.1, -0.05) is 328 Å². The number of aromatic carboxylic acids is 1. The third-order valence-electron chi connectivity index (χ3n) is 24.0. The van der Waals surface area contributed by atoms with Gasteiger partial charge in [0.25, 0.3) is 0 Å². The van der Waals surface area contributed by atoms with Gasteiger partial charge in [-0.2, -0.15) is 0 Å². The molecule has 18 aromatic carbocycles. The number of phenols is 2. The number of methoxy groups -OCH3 is 2. The highest BCUT2D eigenvalue weighted by molar-refractivity contribution is 6.01. The van der Waals surface area contributed by atoms with Crippen LogP contribution in [0.3, 0.4) is 0 Å². The van der Waals surface area contributed by atoms with E-state index in [0.717, 1.165) is 143 Å². The summed E-state index contributed by atoms with van der Waals surface area (Å²) in [7, 11) is 2.74. The second kappa shape index (κ2) is 42.0. The number of esters is 3. The summed E-state index contributed by atoms with van der Waals surface area (Å²) < 4.78 is 35.0. The van der Waals surface area contributed by atoms with Crippen LogP contribution in [0.1, 0.15) is 117 Å². The van der Waals surface area contributed by atoms with E-state index in [1.807, 2.05) is 231 Å². The molecule has 0 atom stereocenters. The first-order valence-electron chi connectivity index (χ1n) is 44.4. The summed E-state index contributed by atoms with van der Waals surface area (Å²) in [6.45, 7) is 7.27. The monoisotopic (exact) mass is 1800 g/mol. The predicted octanol–water partition coefficient (Wildman–Crippen LogP) is 26.0. The molecule has 0 radical (unpaired) electrons. The normalized spacial score (nSPS) is 12.8. The Labute approximate surface area is 794 Å². The molecule has 5 N–H and O–H groups in total. The van der Waals surface area contributed by atoms with Gasteiger partial charge in [0, 0.05) is 66.8 Å². The first kappa shape index (κ1) is 92.8. The first-order chi connectivity index (χ1) is 66.7. The second-order valence-electron chi connectivity index (χ2n) is 32.8. The maximum absolute atomic E-state index is 11.9. The second-order valence-corrected chi connectivity index (χ2v) is 32.8. The topological polar surface area (TPSA) is 225 Å². The van der Waals surface area contributed by atoms with E-state index in [1.54, 1.807) is 80.6 Å². The van der Waals surface area contributed by atoms with Crippen LogP contribution >= 0.6 is 0 Å². The molecule has 137 heavy (non-hydrogen) atoms. The zero-order valence-electron chi connectivity index (χ0n) is 75.6. The van der Waals surface area contributed by atoms with Crippen molar-refractivity contribution in [3.8, 4) is 40.6 Å². The van der Waals surface area contributed by atoms with Gasteiger partial charge in [-0.05, 0) is 206 Å². The van der Waals surface area contributed by atoms with E-state index in [9.17, 15) is 39.6 Å². The lowest BCUT2D eigenvalue weighted by atomic mass is 9.83. The number of carbonyl (C=O) groups is 4. The van der Waals surface area contributed by atoms with E-state index >= 15 is 0 Å². The third-order valence-corrected chi connectivity index (χ3v) is 24.0. The summed E-state index contributed by atoms with van der Waals surface area (Å²) >= 11 is 0. The Morgan fingerprint density at radius 2 is 0.650 bits per heavy atom. The molecule has 3 aliphatic heterocycles. The maximum atomic E-state index is 11.9. The van der Waals surface area contributed by atoms with Crippen LogP contribution in [-0.2, 0) is 54.6 Å². The SMILES string of the molecule is C=C(C)C(=O)OCc1ccc2c3c(ccc2c1)OC(c1ccccc1)(c1ccccc1)C=C3.CC#CC(O)(c1ccccc1)c1ccccc1.COC(=O)c1ccc2c3c(ccc2c1)OC(c1ccccc1)(c1ccccc1)C=C3.COC(=O)c1ccc2cc(O)ccc2c1.O=C(O)c1ccc2cc(O)ccc2c1.OCc1ccc2c3c(ccc2c1)OC(c1ccccc1)(c1ccccc1)C=C3. The standard InChI is InChI=1S/C30H24O3.C27H20O3.C26H20O2.C16H14O.C12H10O3.C11H8O3/c1-21(2)29(31)32-20-22-13-15-26-23(19-22)14-16-28-27(26)17-18-30(33-28,24-9-5-3-6-10-24)25-11-7-4-8-12-25;1-29-26(28)20-12-14-23-19(18-20)13-15-25-24(23)16-17-27(30-25,21-8-4-2-5-9-21)22-10-6-3-7-11-22;27-18-19-11-13-23-20(17-19)12-14-25-24(23)15-16-26(28-25,21-7-3-1-4-8-21)22-9-5-2-6-10-22;1-2-13-16(17,14-9-5-3-6-10-14)15-11-7-4-8-12-15;1-15-12(14)10-3-2-9-7-11(13)5-4-8(9)6-10;12-10-4-3-7-5-9(11(13)14)2-1-8(7)6-10/h3-19H,1,20H2,2H3;2-18H,1H3;1-17,27H,18H2;3-12,17H,1H3;2-7,13H,1H3;1-6,12H,(H,13,14). The fourth-order valence-electron chi connectivity index (χ4n) is 17.1. The van der Waals surface area contributed by atoms with Crippen molar-refractivity contribution in [2.24, 2.45) is 0 Å². The number of carboxylic acids is 1. The van der Waals surface area contributed by atoms with E-state index in [0.29, 0.717) is 16.7 Å². The van der Waals surface area contributed by atoms with Gasteiger partial charge in [0.05, 0.1) is 37.5 Å². The van der Waals surface area contributed by atoms with Gasteiger partial charge >= 0.3 is 23.9 Å². The van der Waals surface area contributed by atoms with E-state index < -0.39 is 28.4 Å². The smallest absolute Gasteiger partial charge is 0.337 e. The molecule has 0 aliphatic carbocycles. The first-order valence-corrected chi connectivity index (χ1v) is 44.4. The van der Waals surface area contributed by atoms with Crippen LogP contribution in [0.4, 0.5) is 0 Å². The minimum absolute atomic E-state index is 0.0461. The number of carbonyl (C=O) groups excluding carboxylic acids is 3. The lowest BCUT2D eigenvalue weighted by Gasteiger charge is -2.36. The van der Waals surface area contributed by atoms with Gasteiger partial charge in [0.1, 0.15) is 35.4 Å². The Bertz CT molecular complexity index is 7450. The van der Waals surface area contributed by atoms with Gasteiger partial charge in [-0.15, -0.1) is 5.92 Å². The van der Waals surface area contributed by atoms with Crippen molar-refractivity contribution < 1.29 is 73.1 Å². The van der Waals surface area contributed by atoms with Gasteiger partial charge in [0.15, 0.2) is 22.4 Å². The average molecular weight is 1800 g/mol. The van der Waals surface area contributed by atoms with Gasteiger partial charge in [-0.25, -0.2) is 19.2 Å². The van der Waals surface area contributed by atoms with Crippen molar-refractivity contribution in [2.75, 3.05) is 14.2 Å². The molecule has 3 aliphatic rings. The summed E-state index contributed by atoms with van der Waals surface area (Å²) in [5, 5.41) is 57.2. The minimum atomic E-state index is -1.22. The van der Waals surface area contributed by atoms with Crippen LogP contribution in [0.2, 0.25) is 0 Å². The zero-order valence-corrected chi connectivity index (χ0v) is 75.6. The number of aliphatic hydroxyl groups excluding tert-OH is 1. The molecule has 18 aromatic rings. The lowest BCUT2D eigenvalue weighted by Crippen LogP contribution is -2.34. The Kier molecular flexibility index (Phi) is 28.5. The van der Waals surface area contributed by atoms with Crippen LogP contribution in [0.15, 0.2) is 437 Å². The van der Waals surface area contributed by atoms with Crippen molar-refractivity contribution in [1.82, 2.24) is 0 Å². The fourth-order valence-corrected chi connectivity index (χ4v) is 17.1. The third kappa shape index (κ3) is 20.5. The van der Waals surface area contributed by atoms with Crippen LogP contribution in [-0.4, -0.2) is 63.6 Å². The Balaban J connectivity index is 0.000000123. The Morgan fingerprint density at radius 3 is 0.993 bits per heavy atom. The number of hydrogen-bond acceptors (Lipinski definition) is 14. The number of aromatic hydroxyl groups is 2. The summed E-state index contributed by atoms with van der Waals surface area (Å²) in [5.74, 6) is 6.58. The van der Waals surface area contributed by atoms with E-state index in [1.165, 1.54) is 26.4 Å². The quantitative estimate of drug-likeness (QED) is 0.0279. The number of rotatable bonds is 15. The lowest BCUT2D eigenvalue weighted by molar-refractivity contribution is -0.140. The highest BCUT2D eigenvalue weighted by atomic mass is 16.5. The van der Waals surface area contributed by atoms with Crippen molar-refractivity contribution in [1.29, 1.82) is 0 Å². The molecule has 0 saturated heterocycles. The van der Waals surface area contributed by atoms with Crippen LogP contribution in [0.25, 0.3) is 72.1 Å². The molecule has 674 valence electrons. The van der Waals surface area contributed by atoms with E-state index in [4.69, 9.17) is 28.8 Å². The largest absolute Gasteiger partial charge is 0.508 e. The molecule has 0 aromatic heterocycles.